The van der Waals surface area contributed by atoms with Gasteiger partial charge in [-0.05, 0) is 99.5 Å². The maximum atomic E-state index is 14.6. The number of ether oxygens (including phenoxy) is 2. The molecule has 1 aliphatic heterocycles. The molecule has 0 aromatic heterocycles. The van der Waals surface area contributed by atoms with E-state index < -0.39 is 11.6 Å². The lowest BCUT2D eigenvalue weighted by Gasteiger charge is -2.41. The first-order valence-electron chi connectivity index (χ1n) is 13.3. The molecule has 3 aliphatic rings. The first-order chi connectivity index (χ1) is 15.6. The Morgan fingerprint density at radius 1 is 0.812 bits per heavy atom. The lowest BCUT2D eigenvalue weighted by molar-refractivity contribution is -0.0724. The summed E-state index contributed by atoms with van der Waals surface area (Å²) in [6.45, 7) is 5.36. The molecule has 1 aromatic rings. The lowest BCUT2D eigenvalue weighted by Crippen LogP contribution is -2.37. The van der Waals surface area contributed by atoms with Gasteiger partial charge in [0.2, 0.25) is 5.82 Å². The smallest absolute Gasteiger partial charge is 0.200 e. The van der Waals surface area contributed by atoms with Gasteiger partial charge in [0.15, 0.2) is 11.6 Å². The van der Waals surface area contributed by atoms with E-state index in [1.54, 1.807) is 19.1 Å². The van der Waals surface area contributed by atoms with Crippen LogP contribution in [0.5, 0.6) is 5.75 Å². The molecule has 180 valence electrons. The molecule has 2 nitrogen and oxygen atoms in total. The van der Waals surface area contributed by atoms with Crippen LogP contribution in [0.1, 0.15) is 102 Å². The van der Waals surface area contributed by atoms with Crippen LogP contribution >= 0.6 is 0 Å². The van der Waals surface area contributed by atoms with Crippen molar-refractivity contribution in [3.63, 3.8) is 0 Å². The second-order valence-corrected chi connectivity index (χ2v) is 10.6. The number of hydrogen-bond acceptors (Lipinski definition) is 2. The third-order valence-electron chi connectivity index (χ3n) is 8.72. The summed E-state index contributed by atoms with van der Waals surface area (Å²) in [5.74, 6) is 1.74. The van der Waals surface area contributed by atoms with Crippen molar-refractivity contribution >= 4 is 0 Å². The molecule has 2 atom stereocenters. The van der Waals surface area contributed by atoms with Crippen LogP contribution in [0, 0.1) is 35.3 Å². The van der Waals surface area contributed by atoms with E-state index in [0.717, 1.165) is 50.0 Å². The minimum Gasteiger partial charge on any atom is -0.491 e. The molecule has 2 aliphatic carbocycles. The standard InChI is InChI=1S/C28H42F2O2/c1-3-5-19-6-8-20(9-7-19)23-14-16-25(32-18-23)22-12-10-21(11-13-22)24-15-17-26(31-4-2)28(30)27(24)29/h15,17,19-23,25H,3-14,16,18H2,1-2H3. The highest BCUT2D eigenvalue weighted by molar-refractivity contribution is 5.33. The quantitative estimate of drug-likeness (QED) is 0.420. The van der Waals surface area contributed by atoms with Gasteiger partial charge >= 0.3 is 0 Å². The minimum atomic E-state index is -0.836. The van der Waals surface area contributed by atoms with Gasteiger partial charge in [-0.3, -0.25) is 0 Å². The Morgan fingerprint density at radius 2 is 1.50 bits per heavy atom. The second-order valence-electron chi connectivity index (χ2n) is 10.6. The predicted octanol–water partition coefficient (Wildman–Crippen LogP) is 8.04. The van der Waals surface area contributed by atoms with E-state index in [-0.39, 0.29) is 11.7 Å². The Balaban J connectivity index is 1.23. The lowest BCUT2D eigenvalue weighted by atomic mass is 9.71. The van der Waals surface area contributed by atoms with E-state index in [1.807, 2.05) is 0 Å². The zero-order valence-electron chi connectivity index (χ0n) is 20.1. The summed E-state index contributed by atoms with van der Waals surface area (Å²) in [5, 5.41) is 0. The van der Waals surface area contributed by atoms with Crippen molar-refractivity contribution in [3.8, 4) is 5.75 Å². The molecule has 0 N–H and O–H groups in total. The van der Waals surface area contributed by atoms with E-state index in [2.05, 4.69) is 6.92 Å². The minimum absolute atomic E-state index is 0.0199. The third kappa shape index (κ3) is 5.48. The molecule has 32 heavy (non-hydrogen) atoms. The number of hydrogen-bond donors (Lipinski definition) is 0. The Bertz CT molecular complexity index is 712. The van der Waals surface area contributed by atoms with Gasteiger partial charge in [-0.1, -0.05) is 38.7 Å². The monoisotopic (exact) mass is 448 g/mol. The number of benzene rings is 1. The van der Waals surface area contributed by atoms with Crippen molar-refractivity contribution < 1.29 is 18.3 Å². The molecule has 3 fully saturated rings. The van der Waals surface area contributed by atoms with Gasteiger partial charge in [-0.15, -0.1) is 0 Å². The van der Waals surface area contributed by atoms with Gasteiger partial charge in [0.1, 0.15) is 0 Å². The molecule has 0 amide bonds. The van der Waals surface area contributed by atoms with Crippen molar-refractivity contribution in [1.82, 2.24) is 0 Å². The van der Waals surface area contributed by atoms with E-state index in [9.17, 15) is 8.78 Å². The zero-order valence-corrected chi connectivity index (χ0v) is 20.1. The molecule has 2 unspecified atom stereocenters. The van der Waals surface area contributed by atoms with Crippen molar-refractivity contribution in [2.24, 2.45) is 23.7 Å². The summed E-state index contributed by atoms with van der Waals surface area (Å²) in [6, 6.07) is 3.31. The Morgan fingerprint density at radius 3 is 2.12 bits per heavy atom. The zero-order chi connectivity index (χ0) is 22.5. The van der Waals surface area contributed by atoms with Crippen molar-refractivity contribution in [2.75, 3.05) is 13.2 Å². The fourth-order valence-corrected chi connectivity index (χ4v) is 6.82. The van der Waals surface area contributed by atoms with Crippen LogP contribution < -0.4 is 4.74 Å². The highest BCUT2D eigenvalue weighted by Gasteiger charge is 2.36. The molecule has 4 heteroatoms. The second kappa shape index (κ2) is 11.3. The summed E-state index contributed by atoms with van der Waals surface area (Å²) in [5.41, 5.74) is 0.521. The fraction of sp³-hybridized carbons (Fsp3) is 0.786. The third-order valence-corrected chi connectivity index (χ3v) is 8.72. The average Bonchev–Trinajstić information content (AvgIpc) is 2.83. The molecule has 1 heterocycles. The van der Waals surface area contributed by atoms with Crippen LogP contribution in [0.15, 0.2) is 12.1 Å². The summed E-state index contributed by atoms with van der Waals surface area (Å²) in [6.07, 6.45) is 15.2. The van der Waals surface area contributed by atoms with Gasteiger partial charge in [0.05, 0.1) is 19.3 Å². The van der Waals surface area contributed by atoms with Crippen LogP contribution in [-0.4, -0.2) is 19.3 Å². The Labute approximate surface area is 193 Å². The molecular weight excluding hydrogens is 406 g/mol. The van der Waals surface area contributed by atoms with Crippen LogP contribution in [0.25, 0.3) is 0 Å². The summed E-state index contributed by atoms with van der Waals surface area (Å²) < 4.78 is 40.6. The Kier molecular flexibility index (Phi) is 8.48. The van der Waals surface area contributed by atoms with Crippen molar-refractivity contribution in [1.29, 1.82) is 0 Å². The van der Waals surface area contributed by atoms with Crippen molar-refractivity contribution in [2.45, 2.75) is 103 Å². The van der Waals surface area contributed by atoms with E-state index in [1.165, 1.54) is 51.4 Å². The summed E-state index contributed by atoms with van der Waals surface area (Å²) >= 11 is 0. The van der Waals surface area contributed by atoms with Crippen LogP contribution in [0.4, 0.5) is 8.78 Å². The molecule has 1 aromatic carbocycles. The Hall–Kier alpha value is -1.16. The maximum Gasteiger partial charge on any atom is 0.200 e. The van der Waals surface area contributed by atoms with Crippen molar-refractivity contribution in [3.05, 3.63) is 29.3 Å². The first-order valence-corrected chi connectivity index (χ1v) is 13.3. The van der Waals surface area contributed by atoms with Gasteiger partial charge in [0, 0.05) is 0 Å². The number of halogens is 2. The van der Waals surface area contributed by atoms with Gasteiger partial charge in [-0.25, -0.2) is 4.39 Å². The highest BCUT2D eigenvalue weighted by Crippen LogP contribution is 2.44. The summed E-state index contributed by atoms with van der Waals surface area (Å²) in [4.78, 5) is 0. The molecule has 2 saturated carbocycles. The summed E-state index contributed by atoms with van der Waals surface area (Å²) in [7, 11) is 0. The first kappa shape index (κ1) is 24.0. The molecule has 0 spiro atoms. The molecular formula is C28H42F2O2. The van der Waals surface area contributed by atoms with E-state index >= 15 is 0 Å². The van der Waals surface area contributed by atoms with Gasteiger partial charge < -0.3 is 9.47 Å². The normalized spacial score (nSPS) is 33.8. The number of rotatable bonds is 7. The molecule has 4 rings (SSSR count). The topological polar surface area (TPSA) is 18.5 Å². The fourth-order valence-electron chi connectivity index (χ4n) is 6.82. The average molecular weight is 449 g/mol. The maximum absolute atomic E-state index is 14.6. The van der Waals surface area contributed by atoms with Crippen LogP contribution in [0.3, 0.4) is 0 Å². The SMILES string of the molecule is CCCC1CCC(C2CCC(C3CCC(c4ccc(OCC)c(F)c4F)CC3)OC2)CC1. The van der Waals surface area contributed by atoms with E-state index in [0.29, 0.717) is 24.2 Å². The predicted molar refractivity (Wildman–Crippen MR) is 125 cm³/mol. The van der Waals surface area contributed by atoms with E-state index in [4.69, 9.17) is 9.47 Å². The molecule has 0 bridgehead atoms. The van der Waals surface area contributed by atoms with Crippen LogP contribution in [0.2, 0.25) is 0 Å². The molecule has 0 radical (unpaired) electrons. The highest BCUT2D eigenvalue weighted by atomic mass is 19.2. The largest absolute Gasteiger partial charge is 0.491 e. The van der Waals surface area contributed by atoms with Gasteiger partial charge in [0.25, 0.3) is 0 Å². The molecule has 1 saturated heterocycles. The van der Waals surface area contributed by atoms with Gasteiger partial charge in [-0.2, -0.15) is 4.39 Å². The van der Waals surface area contributed by atoms with Crippen LogP contribution in [-0.2, 0) is 4.74 Å².